The van der Waals surface area contributed by atoms with E-state index in [1.165, 1.54) is 22.0 Å². The molecule has 0 spiro atoms. The Morgan fingerprint density at radius 2 is 1.93 bits per heavy atom. The van der Waals surface area contributed by atoms with Gasteiger partial charge in [-0.25, -0.2) is 9.79 Å². The molecular formula is C29H24ClN3O6S. The molecule has 4 aromatic rings. The number of esters is 1. The lowest BCUT2D eigenvalue weighted by Gasteiger charge is -2.24. The highest BCUT2D eigenvalue weighted by Crippen LogP contribution is 2.32. The monoisotopic (exact) mass is 577 g/mol. The number of fused-ring (bicyclic) bond motifs is 1. The first-order valence-corrected chi connectivity index (χ1v) is 13.6. The van der Waals surface area contributed by atoms with Crippen molar-refractivity contribution in [2.75, 3.05) is 6.61 Å². The van der Waals surface area contributed by atoms with Crippen LogP contribution < -0.4 is 14.9 Å². The van der Waals surface area contributed by atoms with Crippen LogP contribution in [0.5, 0.6) is 0 Å². The van der Waals surface area contributed by atoms with Crippen molar-refractivity contribution in [3.8, 4) is 11.3 Å². The molecule has 0 radical (unpaired) electrons. The van der Waals surface area contributed by atoms with E-state index in [0.29, 0.717) is 48.3 Å². The van der Waals surface area contributed by atoms with Gasteiger partial charge < -0.3 is 9.15 Å². The lowest BCUT2D eigenvalue weighted by molar-refractivity contribution is -0.385. The van der Waals surface area contributed by atoms with E-state index in [1.54, 1.807) is 70.2 Å². The standard InChI is InChI=1S/C29H24ClN3O6S/c1-5-38-28(35)25-17(4)31-29-32(26(25)18-6-8-20(30)9-7-18)27(34)24(40-29)14-21-10-11-23(39-21)19-12-15(2)16(3)22(13-19)33(36)37/h6-14,26H,5H2,1-4H3/b24-14-/t26-/m0/s1. The zero-order chi connectivity index (χ0) is 28.7. The first-order valence-electron chi connectivity index (χ1n) is 12.4. The fraction of sp³-hybridized carbons (Fsp3) is 0.207. The van der Waals surface area contributed by atoms with Gasteiger partial charge in [-0.15, -0.1) is 0 Å². The summed E-state index contributed by atoms with van der Waals surface area (Å²) in [5, 5.41) is 12.0. The lowest BCUT2D eigenvalue weighted by Crippen LogP contribution is -2.39. The van der Waals surface area contributed by atoms with Gasteiger partial charge in [0, 0.05) is 28.3 Å². The third-order valence-electron chi connectivity index (χ3n) is 6.72. The van der Waals surface area contributed by atoms with E-state index in [2.05, 4.69) is 4.99 Å². The second kappa shape index (κ2) is 10.7. The Kier molecular flexibility index (Phi) is 7.31. The van der Waals surface area contributed by atoms with E-state index < -0.39 is 16.9 Å². The number of aryl methyl sites for hydroxylation is 1. The number of carbonyl (C=O) groups is 1. The third kappa shape index (κ3) is 4.91. The highest BCUT2D eigenvalue weighted by molar-refractivity contribution is 7.07. The highest BCUT2D eigenvalue weighted by atomic mass is 35.5. The minimum atomic E-state index is -0.752. The number of nitro groups is 1. The van der Waals surface area contributed by atoms with E-state index in [-0.39, 0.29) is 23.4 Å². The molecule has 3 heterocycles. The normalized spacial score (nSPS) is 15.1. The molecule has 5 rings (SSSR count). The van der Waals surface area contributed by atoms with Gasteiger partial charge in [0.1, 0.15) is 11.5 Å². The van der Waals surface area contributed by atoms with Gasteiger partial charge in [-0.1, -0.05) is 35.1 Å². The molecular weight excluding hydrogens is 554 g/mol. The molecule has 2 aromatic heterocycles. The Hall–Kier alpha value is -4.28. The van der Waals surface area contributed by atoms with Crippen molar-refractivity contribution in [1.82, 2.24) is 4.57 Å². The molecule has 0 N–H and O–H groups in total. The van der Waals surface area contributed by atoms with Crippen LogP contribution in [0.25, 0.3) is 17.4 Å². The molecule has 0 aliphatic carbocycles. The Labute approximate surface area is 237 Å². The largest absolute Gasteiger partial charge is 0.463 e. The number of halogens is 1. The van der Waals surface area contributed by atoms with Gasteiger partial charge in [0.25, 0.3) is 11.2 Å². The molecule has 0 saturated heterocycles. The predicted molar refractivity (Wildman–Crippen MR) is 152 cm³/mol. The fourth-order valence-electron chi connectivity index (χ4n) is 4.64. The van der Waals surface area contributed by atoms with Crippen LogP contribution in [-0.4, -0.2) is 22.1 Å². The average Bonchev–Trinajstić information content (AvgIpc) is 3.49. The quantitative estimate of drug-likeness (QED) is 0.176. The van der Waals surface area contributed by atoms with Gasteiger partial charge in [-0.2, -0.15) is 0 Å². The number of nitro benzene ring substituents is 1. The van der Waals surface area contributed by atoms with Crippen LogP contribution in [0, 0.1) is 24.0 Å². The number of carbonyl (C=O) groups excluding carboxylic acids is 1. The summed E-state index contributed by atoms with van der Waals surface area (Å²) in [6.07, 6.45) is 1.60. The Bertz CT molecular complexity index is 1880. The van der Waals surface area contributed by atoms with Crippen molar-refractivity contribution in [3.63, 3.8) is 0 Å². The summed E-state index contributed by atoms with van der Waals surface area (Å²) in [6, 6.07) is 12.9. The van der Waals surface area contributed by atoms with Crippen LogP contribution in [0.1, 0.15) is 42.3 Å². The molecule has 0 saturated carbocycles. The number of rotatable bonds is 6. The predicted octanol–water partition coefficient (Wildman–Crippen LogP) is 5.24. The van der Waals surface area contributed by atoms with Crippen molar-refractivity contribution < 1.29 is 18.9 Å². The Morgan fingerprint density at radius 3 is 2.60 bits per heavy atom. The summed E-state index contributed by atoms with van der Waals surface area (Å²) in [5.74, 6) is 0.284. The van der Waals surface area contributed by atoms with Gasteiger partial charge in [0.2, 0.25) is 0 Å². The van der Waals surface area contributed by atoms with Crippen LogP contribution >= 0.6 is 22.9 Å². The van der Waals surface area contributed by atoms with Crippen LogP contribution in [0.15, 0.2) is 74.0 Å². The number of aromatic nitrogens is 1. The molecule has 1 atom stereocenters. The van der Waals surface area contributed by atoms with Crippen molar-refractivity contribution in [2.45, 2.75) is 33.7 Å². The number of furan rings is 1. The van der Waals surface area contributed by atoms with E-state index in [9.17, 15) is 19.7 Å². The third-order valence-corrected chi connectivity index (χ3v) is 7.96. The number of allylic oxidation sites excluding steroid dienone is 1. The zero-order valence-corrected chi connectivity index (χ0v) is 23.6. The second-order valence-electron chi connectivity index (χ2n) is 9.25. The molecule has 204 valence electrons. The number of nitrogens with zero attached hydrogens (tertiary/aromatic N) is 3. The average molecular weight is 578 g/mol. The van der Waals surface area contributed by atoms with Crippen molar-refractivity contribution in [1.29, 1.82) is 0 Å². The topological polar surface area (TPSA) is 117 Å². The van der Waals surface area contributed by atoms with Gasteiger partial charge >= 0.3 is 5.97 Å². The minimum absolute atomic E-state index is 0.0104. The van der Waals surface area contributed by atoms with Gasteiger partial charge in [-0.3, -0.25) is 19.5 Å². The summed E-state index contributed by atoms with van der Waals surface area (Å²) in [4.78, 5) is 42.8. The van der Waals surface area contributed by atoms with Crippen LogP contribution in [-0.2, 0) is 9.53 Å². The van der Waals surface area contributed by atoms with Gasteiger partial charge in [-0.05, 0) is 69.2 Å². The molecule has 2 aromatic carbocycles. The number of ether oxygens (including phenoxy) is 1. The van der Waals surface area contributed by atoms with Crippen molar-refractivity contribution in [2.24, 2.45) is 4.99 Å². The van der Waals surface area contributed by atoms with Crippen molar-refractivity contribution >= 4 is 40.7 Å². The van der Waals surface area contributed by atoms with Crippen LogP contribution in [0.3, 0.4) is 0 Å². The molecule has 40 heavy (non-hydrogen) atoms. The lowest BCUT2D eigenvalue weighted by atomic mass is 9.96. The summed E-state index contributed by atoms with van der Waals surface area (Å²) >= 11 is 7.27. The molecule has 0 bridgehead atoms. The molecule has 1 aliphatic heterocycles. The Balaban J connectivity index is 1.62. The van der Waals surface area contributed by atoms with E-state index in [4.69, 9.17) is 20.8 Å². The van der Waals surface area contributed by atoms with E-state index in [0.717, 1.165) is 5.56 Å². The molecule has 1 aliphatic rings. The number of benzene rings is 2. The fourth-order valence-corrected chi connectivity index (χ4v) is 5.79. The maximum atomic E-state index is 13.7. The Morgan fingerprint density at radius 1 is 1.20 bits per heavy atom. The zero-order valence-electron chi connectivity index (χ0n) is 22.1. The molecule has 0 amide bonds. The van der Waals surface area contributed by atoms with E-state index in [1.807, 2.05) is 6.07 Å². The molecule has 0 unspecified atom stereocenters. The second-order valence-corrected chi connectivity index (χ2v) is 10.7. The smallest absolute Gasteiger partial charge is 0.338 e. The summed E-state index contributed by atoms with van der Waals surface area (Å²) in [6.45, 7) is 7.12. The van der Waals surface area contributed by atoms with Crippen LogP contribution in [0.4, 0.5) is 5.69 Å². The van der Waals surface area contributed by atoms with Gasteiger partial charge in [0.15, 0.2) is 4.80 Å². The molecule has 0 fully saturated rings. The number of hydrogen-bond acceptors (Lipinski definition) is 8. The maximum absolute atomic E-state index is 13.7. The number of hydrogen-bond donors (Lipinski definition) is 0. The number of thiazole rings is 1. The highest BCUT2D eigenvalue weighted by Gasteiger charge is 2.33. The maximum Gasteiger partial charge on any atom is 0.338 e. The van der Waals surface area contributed by atoms with Crippen molar-refractivity contribution in [3.05, 3.63) is 117 Å². The van der Waals surface area contributed by atoms with Gasteiger partial charge in [0.05, 0.1) is 33.4 Å². The first-order chi connectivity index (χ1) is 19.1. The van der Waals surface area contributed by atoms with E-state index >= 15 is 0 Å². The summed E-state index contributed by atoms with van der Waals surface area (Å²) in [7, 11) is 0. The molecule has 11 heteroatoms. The summed E-state index contributed by atoms with van der Waals surface area (Å²) in [5.41, 5.74) is 3.01. The SMILES string of the molecule is CCOC(=O)C1=C(C)N=c2s/c(=C\c3ccc(-c4cc(C)c(C)c([N+](=O)[O-])c4)o3)c(=O)n2[C@H]1c1ccc(Cl)cc1. The first kappa shape index (κ1) is 27.3. The van der Waals surface area contributed by atoms with Crippen LogP contribution in [0.2, 0.25) is 5.02 Å². The summed E-state index contributed by atoms with van der Waals surface area (Å²) < 4.78 is 13.1. The molecule has 9 nitrogen and oxygen atoms in total. The minimum Gasteiger partial charge on any atom is -0.463 e.